The highest BCUT2D eigenvalue weighted by Crippen LogP contribution is 2.19. The lowest BCUT2D eigenvalue weighted by atomic mass is 9.96. The van der Waals surface area contributed by atoms with Gasteiger partial charge < -0.3 is 20.1 Å². The summed E-state index contributed by atoms with van der Waals surface area (Å²) in [7, 11) is 5.23. The minimum Gasteiger partial charge on any atom is -0.497 e. The van der Waals surface area contributed by atoms with E-state index in [0.29, 0.717) is 12.5 Å². The summed E-state index contributed by atoms with van der Waals surface area (Å²) in [4.78, 5) is 6.83. The molecule has 1 aliphatic rings. The second-order valence-corrected chi connectivity index (χ2v) is 7.02. The Balaban J connectivity index is 0.00000364. The number of hydrogen-bond donors (Lipinski definition) is 2. The molecular formula is C20H35IN4O2. The number of rotatable bonds is 8. The van der Waals surface area contributed by atoms with Crippen LogP contribution in [0.15, 0.2) is 29.3 Å². The topological polar surface area (TPSA) is 58.1 Å². The molecule has 0 saturated carbocycles. The van der Waals surface area contributed by atoms with Crippen molar-refractivity contribution in [2.45, 2.75) is 32.4 Å². The van der Waals surface area contributed by atoms with Crippen molar-refractivity contribution in [3.05, 3.63) is 29.8 Å². The number of nitrogens with one attached hydrogen (secondary N) is 2. The third kappa shape index (κ3) is 8.66. The van der Waals surface area contributed by atoms with E-state index in [-0.39, 0.29) is 30.0 Å². The van der Waals surface area contributed by atoms with E-state index >= 15 is 0 Å². The minimum atomic E-state index is 0. The van der Waals surface area contributed by atoms with Gasteiger partial charge in [-0.1, -0.05) is 12.1 Å². The predicted molar refractivity (Wildman–Crippen MR) is 122 cm³/mol. The number of ether oxygens (including phenoxy) is 2. The molecule has 2 rings (SSSR count). The summed E-state index contributed by atoms with van der Waals surface area (Å²) in [5.74, 6) is 2.47. The average molecular weight is 490 g/mol. The van der Waals surface area contributed by atoms with Gasteiger partial charge in [0.1, 0.15) is 5.75 Å². The molecule has 0 radical (unpaired) electrons. The van der Waals surface area contributed by atoms with Crippen molar-refractivity contribution in [1.29, 1.82) is 0 Å². The highest BCUT2D eigenvalue weighted by Gasteiger charge is 2.19. The molecule has 2 N–H and O–H groups in total. The number of aliphatic imine (C=N–C) groups is 1. The van der Waals surface area contributed by atoms with Crippen LogP contribution in [0.4, 0.5) is 0 Å². The Labute approximate surface area is 181 Å². The van der Waals surface area contributed by atoms with E-state index in [1.165, 1.54) is 18.4 Å². The van der Waals surface area contributed by atoms with E-state index in [4.69, 9.17) is 9.47 Å². The van der Waals surface area contributed by atoms with Crippen LogP contribution in [0.25, 0.3) is 0 Å². The Bertz CT molecular complexity index is 545. The monoisotopic (exact) mass is 490 g/mol. The summed E-state index contributed by atoms with van der Waals surface area (Å²) in [6, 6.07) is 8.63. The Morgan fingerprint density at radius 1 is 1.22 bits per heavy atom. The van der Waals surface area contributed by atoms with Crippen molar-refractivity contribution >= 4 is 29.9 Å². The van der Waals surface area contributed by atoms with Crippen LogP contribution in [0.1, 0.15) is 25.3 Å². The summed E-state index contributed by atoms with van der Waals surface area (Å²) in [5.41, 5.74) is 1.35. The molecule has 0 bridgehead atoms. The van der Waals surface area contributed by atoms with Gasteiger partial charge in [0, 0.05) is 33.3 Å². The van der Waals surface area contributed by atoms with Gasteiger partial charge in [0.15, 0.2) is 5.96 Å². The molecular weight excluding hydrogens is 455 g/mol. The van der Waals surface area contributed by atoms with E-state index in [2.05, 4.69) is 39.6 Å². The highest BCUT2D eigenvalue weighted by molar-refractivity contribution is 14.0. The molecule has 0 spiro atoms. The number of nitrogens with zero attached hydrogens (tertiary/aromatic N) is 2. The first-order valence-electron chi connectivity index (χ1n) is 9.46. The molecule has 0 aromatic heterocycles. The van der Waals surface area contributed by atoms with Gasteiger partial charge in [-0.05, 0) is 56.5 Å². The number of methoxy groups -OCH3 is 2. The third-order valence-corrected chi connectivity index (χ3v) is 4.85. The van der Waals surface area contributed by atoms with Gasteiger partial charge in [0.2, 0.25) is 0 Å². The maximum Gasteiger partial charge on any atom is 0.191 e. The van der Waals surface area contributed by atoms with Crippen molar-refractivity contribution in [1.82, 2.24) is 15.5 Å². The van der Waals surface area contributed by atoms with Gasteiger partial charge in [-0.25, -0.2) is 0 Å². The Morgan fingerprint density at radius 2 is 1.89 bits per heavy atom. The van der Waals surface area contributed by atoms with Crippen LogP contribution >= 0.6 is 24.0 Å². The normalized spacial score (nSPS) is 17.1. The maximum absolute atomic E-state index is 5.22. The number of guanidine groups is 1. The molecule has 1 aromatic carbocycles. The molecule has 1 atom stereocenters. The number of piperidine rings is 1. The molecule has 7 heteroatoms. The van der Waals surface area contributed by atoms with Gasteiger partial charge in [0.25, 0.3) is 0 Å². The zero-order chi connectivity index (χ0) is 18.8. The second-order valence-electron chi connectivity index (χ2n) is 7.02. The summed E-state index contributed by atoms with van der Waals surface area (Å²) >= 11 is 0. The van der Waals surface area contributed by atoms with E-state index in [1.807, 2.05) is 19.2 Å². The minimum absolute atomic E-state index is 0. The van der Waals surface area contributed by atoms with Crippen LogP contribution in [0, 0.1) is 5.92 Å². The molecule has 1 saturated heterocycles. The van der Waals surface area contributed by atoms with Gasteiger partial charge >= 0.3 is 0 Å². The van der Waals surface area contributed by atoms with Crippen LogP contribution in [-0.2, 0) is 11.3 Å². The molecule has 1 heterocycles. The third-order valence-electron chi connectivity index (χ3n) is 4.85. The Kier molecular flexibility index (Phi) is 11.7. The van der Waals surface area contributed by atoms with Gasteiger partial charge in [-0.15, -0.1) is 24.0 Å². The van der Waals surface area contributed by atoms with Crippen LogP contribution in [0.3, 0.4) is 0 Å². The van der Waals surface area contributed by atoms with Crippen molar-refractivity contribution < 1.29 is 9.47 Å². The summed E-state index contributed by atoms with van der Waals surface area (Å²) in [6.07, 6.45) is 2.43. The Morgan fingerprint density at radius 3 is 2.44 bits per heavy atom. The average Bonchev–Trinajstić information content (AvgIpc) is 2.67. The first kappa shape index (κ1) is 24.0. The van der Waals surface area contributed by atoms with Crippen LogP contribution in [0.2, 0.25) is 0 Å². The molecule has 1 unspecified atom stereocenters. The van der Waals surface area contributed by atoms with E-state index < -0.39 is 0 Å². The van der Waals surface area contributed by atoms with Crippen molar-refractivity contribution in [2.75, 3.05) is 47.5 Å². The quantitative estimate of drug-likeness (QED) is 0.334. The molecule has 1 aromatic rings. The summed E-state index contributed by atoms with van der Waals surface area (Å²) in [5, 5.41) is 6.81. The van der Waals surface area contributed by atoms with Crippen molar-refractivity contribution in [3.8, 4) is 5.75 Å². The van der Waals surface area contributed by atoms with Crippen molar-refractivity contribution in [2.24, 2.45) is 10.9 Å². The fourth-order valence-electron chi connectivity index (χ4n) is 3.30. The second kappa shape index (κ2) is 13.2. The Hall–Kier alpha value is -1.06. The van der Waals surface area contributed by atoms with Gasteiger partial charge in [-0.2, -0.15) is 0 Å². The van der Waals surface area contributed by atoms with Gasteiger partial charge in [-0.3, -0.25) is 9.89 Å². The van der Waals surface area contributed by atoms with Crippen LogP contribution in [-0.4, -0.2) is 64.4 Å². The highest BCUT2D eigenvalue weighted by atomic mass is 127. The first-order valence-corrected chi connectivity index (χ1v) is 9.46. The number of likely N-dealkylation sites (tertiary alicyclic amines) is 1. The SMILES string of the molecule is CN=C(NCC1CCN(Cc2ccc(OC)cc2)CC1)NC(C)COC.I. The number of benzene rings is 1. The lowest BCUT2D eigenvalue weighted by Gasteiger charge is -2.32. The lowest BCUT2D eigenvalue weighted by Crippen LogP contribution is -2.46. The van der Waals surface area contributed by atoms with Crippen LogP contribution < -0.4 is 15.4 Å². The standard InChI is InChI=1S/C20H34N4O2.HI/c1-16(15-25-3)23-20(21-2)22-13-17-9-11-24(12-10-17)14-18-5-7-19(26-4)8-6-18;/h5-8,16-17H,9-15H2,1-4H3,(H2,21,22,23);1H. The number of hydrogen-bond acceptors (Lipinski definition) is 4. The zero-order valence-electron chi connectivity index (χ0n) is 17.0. The fourth-order valence-corrected chi connectivity index (χ4v) is 3.30. The molecule has 154 valence electrons. The molecule has 27 heavy (non-hydrogen) atoms. The summed E-state index contributed by atoms with van der Waals surface area (Å²) in [6.45, 7) is 7.03. The largest absolute Gasteiger partial charge is 0.497 e. The zero-order valence-corrected chi connectivity index (χ0v) is 19.4. The first-order chi connectivity index (χ1) is 12.6. The fraction of sp³-hybridized carbons (Fsp3) is 0.650. The van der Waals surface area contributed by atoms with E-state index in [1.54, 1.807) is 14.2 Å². The lowest BCUT2D eigenvalue weighted by molar-refractivity contribution is 0.175. The maximum atomic E-state index is 5.22. The molecule has 1 fully saturated rings. The summed E-state index contributed by atoms with van der Waals surface area (Å²) < 4.78 is 10.4. The number of halogens is 1. The smallest absolute Gasteiger partial charge is 0.191 e. The molecule has 1 aliphatic heterocycles. The molecule has 0 amide bonds. The molecule has 0 aliphatic carbocycles. The van der Waals surface area contributed by atoms with E-state index in [9.17, 15) is 0 Å². The predicted octanol–water partition coefficient (Wildman–Crippen LogP) is 2.73. The van der Waals surface area contributed by atoms with Crippen LogP contribution in [0.5, 0.6) is 5.75 Å². The molecule has 6 nitrogen and oxygen atoms in total. The van der Waals surface area contributed by atoms with E-state index in [0.717, 1.165) is 37.9 Å². The van der Waals surface area contributed by atoms with Crippen molar-refractivity contribution in [3.63, 3.8) is 0 Å². The van der Waals surface area contributed by atoms with Gasteiger partial charge in [0.05, 0.1) is 13.7 Å².